The molecule has 1 heterocycles. The van der Waals surface area contributed by atoms with Crippen LogP contribution in [0, 0.1) is 6.92 Å². The van der Waals surface area contributed by atoms with Crippen LogP contribution in [0.15, 0.2) is 12.4 Å². The monoisotopic (exact) mass is 197 g/mol. The molecule has 1 rings (SSSR count). The molecule has 0 bridgehead atoms. The maximum atomic E-state index is 8.96. The molecule has 4 heteroatoms. The maximum absolute atomic E-state index is 8.96. The molecule has 0 amide bonds. The van der Waals surface area contributed by atoms with Crippen molar-refractivity contribution in [2.45, 2.75) is 32.9 Å². The fourth-order valence-corrected chi connectivity index (χ4v) is 1.37. The molecule has 4 nitrogen and oxygen atoms in total. The van der Waals surface area contributed by atoms with E-state index in [0.717, 1.165) is 25.3 Å². The zero-order valence-corrected chi connectivity index (χ0v) is 8.90. The van der Waals surface area contributed by atoms with Crippen molar-refractivity contribution in [2.75, 3.05) is 13.2 Å². The second kappa shape index (κ2) is 5.78. The van der Waals surface area contributed by atoms with E-state index in [1.54, 1.807) is 6.20 Å². The minimum Gasteiger partial charge on any atom is -0.395 e. The van der Waals surface area contributed by atoms with Crippen molar-refractivity contribution < 1.29 is 5.11 Å². The molecule has 1 atom stereocenters. The standard InChI is InChI=1S/C10H19N3O/c1-3-10(8-14)12-5-7-13-6-4-11-9(13)2/h4,6,10,12,14H,3,5,7-8H2,1-2H3. The lowest BCUT2D eigenvalue weighted by Crippen LogP contribution is -2.34. The Morgan fingerprint density at radius 1 is 1.64 bits per heavy atom. The molecule has 1 unspecified atom stereocenters. The van der Waals surface area contributed by atoms with Gasteiger partial charge >= 0.3 is 0 Å². The van der Waals surface area contributed by atoms with Crippen LogP contribution in [0.4, 0.5) is 0 Å². The molecule has 0 saturated heterocycles. The Bertz CT molecular complexity index is 256. The minimum atomic E-state index is 0.208. The number of nitrogens with zero attached hydrogens (tertiary/aromatic N) is 2. The number of nitrogens with one attached hydrogen (secondary N) is 1. The van der Waals surface area contributed by atoms with Crippen LogP contribution in [0.5, 0.6) is 0 Å². The molecule has 0 aromatic carbocycles. The van der Waals surface area contributed by atoms with Gasteiger partial charge in [-0.2, -0.15) is 0 Å². The van der Waals surface area contributed by atoms with Gasteiger partial charge in [0.05, 0.1) is 6.61 Å². The van der Waals surface area contributed by atoms with Crippen molar-refractivity contribution in [1.29, 1.82) is 0 Å². The number of aryl methyl sites for hydroxylation is 1. The predicted molar refractivity (Wildman–Crippen MR) is 56.1 cm³/mol. The van der Waals surface area contributed by atoms with Gasteiger partial charge in [0.1, 0.15) is 5.82 Å². The Balaban J connectivity index is 2.24. The van der Waals surface area contributed by atoms with E-state index >= 15 is 0 Å². The van der Waals surface area contributed by atoms with E-state index in [-0.39, 0.29) is 12.6 Å². The Kier molecular flexibility index (Phi) is 4.62. The Labute approximate surface area is 85.0 Å². The summed E-state index contributed by atoms with van der Waals surface area (Å²) in [6.45, 7) is 6.04. The molecular formula is C10H19N3O. The first-order chi connectivity index (χ1) is 6.77. The van der Waals surface area contributed by atoms with Gasteiger partial charge < -0.3 is 15.0 Å². The molecule has 1 aromatic rings. The summed E-state index contributed by atoms with van der Waals surface area (Å²) in [6, 6.07) is 0.221. The van der Waals surface area contributed by atoms with E-state index in [9.17, 15) is 0 Å². The van der Waals surface area contributed by atoms with Crippen molar-refractivity contribution >= 4 is 0 Å². The predicted octanol–water partition coefficient (Wildman–Crippen LogP) is 0.552. The maximum Gasteiger partial charge on any atom is 0.105 e. The molecule has 0 aliphatic rings. The highest BCUT2D eigenvalue weighted by Gasteiger charge is 2.02. The van der Waals surface area contributed by atoms with Crippen molar-refractivity contribution in [3.05, 3.63) is 18.2 Å². The fourth-order valence-electron chi connectivity index (χ4n) is 1.37. The topological polar surface area (TPSA) is 50.1 Å². The molecule has 0 spiro atoms. The summed E-state index contributed by atoms with van der Waals surface area (Å²) in [7, 11) is 0. The van der Waals surface area contributed by atoms with Gasteiger partial charge in [0.15, 0.2) is 0 Å². The average Bonchev–Trinajstić information content (AvgIpc) is 2.59. The Morgan fingerprint density at radius 3 is 2.93 bits per heavy atom. The molecule has 0 aliphatic carbocycles. The average molecular weight is 197 g/mol. The summed E-state index contributed by atoms with van der Waals surface area (Å²) in [6.07, 6.45) is 4.73. The van der Waals surface area contributed by atoms with E-state index in [4.69, 9.17) is 5.11 Å². The third-order valence-corrected chi connectivity index (χ3v) is 2.42. The van der Waals surface area contributed by atoms with Crippen LogP contribution < -0.4 is 5.32 Å². The van der Waals surface area contributed by atoms with E-state index < -0.39 is 0 Å². The molecule has 1 aromatic heterocycles. The number of hydrogen-bond acceptors (Lipinski definition) is 3. The summed E-state index contributed by atoms with van der Waals surface area (Å²) in [5.41, 5.74) is 0. The molecule has 14 heavy (non-hydrogen) atoms. The van der Waals surface area contributed by atoms with Crippen LogP contribution >= 0.6 is 0 Å². The first-order valence-electron chi connectivity index (χ1n) is 5.10. The largest absolute Gasteiger partial charge is 0.395 e. The number of hydrogen-bond donors (Lipinski definition) is 2. The van der Waals surface area contributed by atoms with Gasteiger partial charge in [-0.25, -0.2) is 4.98 Å². The van der Waals surface area contributed by atoms with E-state index in [2.05, 4.69) is 21.8 Å². The molecule has 0 radical (unpaired) electrons. The third kappa shape index (κ3) is 3.12. The van der Waals surface area contributed by atoms with Crippen molar-refractivity contribution in [3.63, 3.8) is 0 Å². The summed E-state index contributed by atoms with van der Waals surface area (Å²) in [5, 5.41) is 12.2. The Morgan fingerprint density at radius 2 is 2.43 bits per heavy atom. The van der Waals surface area contributed by atoms with Gasteiger partial charge in [-0.05, 0) is 13.3 Å². The third-order valence-electron chi connectivity index (χ3n) is 2.42. The van der Waals surface area contributed by atoms with Crippen LogP contribution in [0.1, 0.15) is 19.2 Å². The molecule has 0 aliphatic heterocycles. The summed E-state index contributed by atoms with van der Waals surface area (Å²) in [4.78, 5) is 4.14. The SMILES string of the molecule is CCC(CO)NCCn1ccnc1C. The highest BCUT2D eigenvalue weighted by Crippen LogP contribution is 1.94. The zero-order valence-electron chi connectivity index (χ0n) is 8.90. The second-order valence-corrected chi connectivity index (χ2v) is 3.41. The quantitative estimate of drug-likeness (QED) is 0.700. The number of rotatable bonds is 6. The lowest BCUT2D eigenvalue weighted by Gasteiger charge is -2.14. The van der Waals surface area contributed by atoms with Gasteiger partial charge in [-0.15, -0.1) is 0 Å². The molecule has 0 saturated carbocycles. The molecule has 80 valence electrons. The smallest absolute Gasteiger partial charge is 0.105 e. The number of aromatic nitrogens is 2. The van der Waals surface area contributed by atoms with Crippen molar-refractivity contribution in [1.82, 2.24) is 14.9 Å². The molecule has 2 N–H and O–H groups in total. The van der Waals surface area contributed by atoms with Crippen LogP contribution in [0.25, 0.3) is 0 Å². The van der Waals surface area contributed by atoms with E-state index in [1.807, 2.05) is 13.1 Å². The number of aliphatic hydroxyl groups is 1. The summed E-state index contributed by atoms with van der Waals surface area (Å²) < 4.78 is 2.09. The number of imidazole rings is 1. The lowest BCUT2D eigenvalue weighted by molar-refractivity contribution is 0.238. The lowest BCUT2D eigenvalue weighted by atomic mass is 10.2. The zero-order chi connectivity index (χ0) is 10.4. The Hall–Kier alpha value is -0.870. The summed E-state index contributed by atoms with van der Waals surface area (Å²) in [5.74, 6) is 1.03. The van der Waals surface area contributed by atoms with Crippen molar-refractivity contribution in [2.24, 2.45) is 0 Å². The minimum absolute atomic E-state index is 0.208. The normalized spacial score (nSPS) is 13.1. The van der Waals surface area contributed by atoms with Crippen molar-refractivity contribution in [3.8, 4) is 0 Å². The van der Waals surface area contributed by atoms with Gasteiger partial charge in [-0.3, -0.25) is 0 Å². The first-order valence-corrected chi connectivity index (χ1v) is 5.10. The van der Waals surface area contributed by atoms with Crippen LogP contribution in [0.3, 0.4) is 0 Å². The fraction of sp³-hybridized carbons (Fsp3) is 0.700. The van der Waals surface area contributed by atoms with Gasteiger partial charge in [0, 0.05) is 31.5 Å². The molecular weight excluding hydrogens is 178 g/mol. The van der Waals surface area contributed by atoms with Gasteiger partial charge in [0.25, 0.3) is 0 Å². The van der Waals surface area contributed by atoms with E-state index in [1.165, 1.54) is 0 Å². The van der Waals surface area contributed by atoms with Gasteiger partial charge in [-0.1, -0.05) is 6.92 Å². The van der Waals surface area contributed by atoms with Crippen LogP contribution in [0.2, 0.25) is 0 Å². The molecule has 0 fully saturated rings. The van der Waals surface area contributed by atoms with Crippen LogP contribution in [-0.2, 0) is 6.54 Å². The highest BCUT2D eigenvalue weighted by atomic mass is 16.3. The first kappa shape index (κ1) is 11.2. The van der Waals surface area contributed by atoms with Crippen LogP contribution in [-0.4, -0.2) is 33.9 Å². The summed E-state index contributed by atoms with van der Waals surface area (Å²) >= 11 is 0. The van der Waals surface area contributed by atoms with E-state index in [0.29, 0.717) is 0 Å². The second-order valence-electron chi connectivity index (χ2n) is 3.41. The number of aliphatic hydroxyl groups excluding tert-OH is 1. The highest BCUT2D eigenvalue weighted by molar-refractivity contribution is 4.88. The van der Waals surface area contributed by atoms with Gasteiger partial charge in [0.2, 0.25) is 0 Å².